The predicted octanol–water partition coefficient (Wildman–Crippen LogP) is 1.57. The number of rotatable bonds is 1. The lowest BCUT2D eigenvalue weighted by molar-refractivity contribution is 0.381. The molecular formula is C11H10FNO3. The minimum atomic E-state index is -1.08. The van der Waals surface area contributed by atoms with Crippen molar-refractivity contribution in [1.29, 1.82) is 0 Å². The number of fused-ring (bicyclic) bond motifs is 1. The maximum absolute atomic E-state index is 13.6. The van der Waals surface area contributed by atoms with E-state index in [2.05, 4.69) is 0 Å². The van der Waals surface area contributed by atoms with Crippen LogP contribution in [0.25, 0.3) is 10.9 Å². The summed E-state index contributed by atoms with van der Waals surface area (Å²) >= 11 is 0. The Morgan fingerprint density at radius 2 is 2.12 bits per heavy atom. The van der Waals surface area contributed by atoms with Crippen LogP contribution in [0.2, 0.25) is 0 Å². The average Bonchev–Trinajstić information content (AvgIpc) is 2.26. The third-order valence-corrected chi connectivity index (χ3v) is 2.50. The van der Waals surface area contributed by atoms with Crippen LogP contribution in [0, 0.1) is 5.82 Å². The number of hydrogen-bond acceptors (Lipinski definition) is 3. The van der Waals surface area contributed by atoms with Crippen LogP contribution >= 0.6 is 0 Å². The van der Waals surface area contributed by atoms with E-state index < -0.39 is 22.7 Å². The Labute approximate surface area is 90.2 Å². The van der Waals surface area contributed by atoms with Crippen molar-refractivity contribution in [2.75, 3.05) is 0 Å². The summed E-state index contributed by atoms with van der Waals surface area (Å²) in [5.74, 6) is -2.54. The van der Waals surface area contributed by atoms with Gasteiger partial charge in [0.25, 0.3) is 0 Å². The molecule has 0 bridgehead atoms. The fraction of sp³-hybridized carbons (Fsp3) is 0.182. The zero-order valence-electron chi connectivity index (χ0n) is 8.57. The van der Waals surface area contributed by atoms with Crippen LogP contribution in [0.1, 0.15) is 6.92 Å². The molecule has 0 aliphatic carbocycles. The number of pyridine rings is 1. The topological polar surface area (TPSA) is 62.5 Å². The van der Waals surface area contributed by atoms with E-state index in [4.69, 9.17) is 0 Å². The van der Waals surface area contributed by atoms with Crippen LogP contribution in [0.5, 0.6) is 11.5 Å². The number of aromatic nitrogens is 1. The summed E-state index contributed by atoms with van der Waals surface area (Å²) in [5.41, 5.74) is -0.254. The van der Waals surface area contributed by atoms with E-state index >= 15 is 0 Å². The number of aryl methyl sites for hydroxylation is 1. The first-order valence-corrected chi connectivity index (χ1v) is 4.79. The first-order chi connectivity index (χ1) is 7.56. The molecule has 16 heavy (non-hydrogen) atoms. The first kappa shape index (κ1) is 10.5. The number of benzene rings is 1. The molecule has 1 aromatic heterocycles. The van der Waals surface area contributed by atoms with Gasteiger partial charge in [0.1, 0.15) is 0 Å². The summed E-state index contributed by atoms with van der Waals surface area (Å²) in [5, 5.41) is 18.3. The molecule has 2 rings (SSSR count). The van der Waals surface area contributed by atoms with Gasteiger partial charge in [0.15, 0.2) is 22.7 Å². The smallest absolute Gasteiger partial charge is 0.194 e. The van der Waals surface area contributed by atoms with Crippen molar-refractivity contribution in [3.05, 3.63) is 34.4 Å². The fourth-order valence-corrected chi connectivity index (χ4v) is 1.67. The predicted molar refractivity (Wildman–Crippen MR) is 57.2 cm³/mol. The van der Waals surface area contributed by atoms with Crippen molar-refractivity contribution in [3.63, 3.8) is 0 Å². The maximum Gasteiger partial charge on any atom is 0.194 e. The van der Waals surface area contributed by atoms with E-state index in [-0.39, 0.29) is 10.9 Å². The van der Waals surface area contributed by atoms with E-state index in [1.165, 1.54) is 18.3 Å². The van der Waals surface area contributed by atoms with Gasteiger partial charge in [-0.25, -0.2) is 4.39 Å². The average molecular weight is 223 g/mol. The molecule has 0 aliphatic heterocycles. The standard InChI is InChI=1S/C11H10FNO3/c1-2-13-4-3-7(14)9-6(13)5-8(15)11(16)10(9)12/h3-5,15-16H,2H2,1H3. The number of phenols is 2. The molecular weight excluding hydrogens is 213 g/mol. The van der Waals surface area contributed by atoms with Gasteiger partial charge in [-0.05, 0) is 6.92 Å². The molecule has 2 aromatic rings. The minimum Gasteiger partial charge on any atom is -0.504 e. The Morgan fingerprint density at radius 1 is 1.44 bits per heavy atom. The van der Waals surface area contributed by atoms with Gasteiger partial charge in [-0.1, -0.05) is 0 Å². The monoisotopic (exact) mass is 223 g/mol. The summed E-state index contributed by atoms with van der Waals surface area (Å²) in [4.78, 5) is 11.5. The first-order valence-electron chi connectivity index (χ1n) is 4.79. The zero-order valence-corrected chi connectivity index (χ0v) is 8.57. The molecule has 2 N–H and O–H groups in total. The van der Waals surface area contributed by atoms with Crippen molar-refractivity contribution >= 4 is 10.9 Å². The number of nitrogens with zero attached hydrogens (tertiary/aromatic N) is 1. The molecule has 5 heteroatoms. The number of halogens is 1. The highest BCUT2D eigenvalue weighted by Crippen LogP contribution is 2.32. The molecule has 1 heterocycles. The van der Waals surface area contributed by atoms with E-state index in [0.717, 1.165) is 0 Å². The summed E-state index contributed by atoms with van der Waals surface area (Å²) < 4.78 is 15.2. The fourth-order valence-electron chi connectivity index (χ4n) is 1.67. The molecule has 0 aliphatic rings. The van der Waals surface area contributed by atoms with E-state index in [1.54, 1.807) is 4.57 Å². The highest BCUT2D eigenvalue weighted by molar-refractivity contribution is 5.83. The third kappa shape index (κ3) is 1.32. The summed E-state index contributed by atoms with van der Waals surface area (Å²) in [6.45, 7) is 2.35. The Kier molecular flexibility index (Phi) is 2.30. The third-order valence-electron chi connectivity index (χ3n) is 2.50. The maximum atomic E-state index is 13.6. The van der Waals surface area contributed by atoms with Gasteiger partial charge >= 0.3 is 0 Å². The number of aromatic hydroxyl groups is 2. The van der Waals surface area contributed by atoms with Crippen molar-refractivity contribution in [3.8, 4) is 11.5 Å². The Bertz CT molecular complexity index is 619. The summed E-state index contributed by atoms with van der Waals surface area (Å²) in [6, 6.07) is 2.41. The van der Waals surface area contributed by atoms with Crippen LogP contribution in [-0.4, -0.2) is 14.8 Å². The van der Waals surface area contributed by atoms with E-state index in [0.29, 0.717) is 6.54 Å². The summed E-state index contributed by atoms with van der Waals surface area (Å²) in [6.07, 6.45) is 1.51. The second-order valence-electron chi connectivity index (χ2n) is 3.42. The second-order valence-corrected chi connectivity index (χ2v) is 3.42. The lowest BCUT2D eigenvalue weighted by atomic mass is 10.1. The molecule has 4 nitrogen and oxygen atoms in total. The van der Waals surface area contributed by atoms with Gasteiger partial charge in [-0.15, -0.1) is 0 Å². The van der Waals surface area contributed by atoms with Gasteiger partial charge in [-0.3, -0.25) is 4.79 Å². The molecule has 0 saturated carbocycles. The highest BCUT2D eigenvalue weighted by atomic mass is 19.1. The van der Waals surface area contributed by atoms with E-state index in [1.807, 2.05) is 6.92 Å². The van der Waals surface area contributed by atoms with Gasteiger partial charge in [0.2, 0.25) is 0 Å². The normalized spacial score (nSPS) is 10.9. The second kappa shape index (κ2) is 3.52. The van der Waals surface area contributed by atoms with Crippen LogP contribution in [0.15, 0.2) is 23.1 Å². The molecule has 1 aromatic carbocycles. The van der Waals surface area contributed by atoms with Gasteiger partial charge in [-0.2, -0.15) is 0 Å². The molecule has 0 radical (unpaired) electrons. The van der Waals surface area contributed by atoms with Crippen LogP contribution in [-0.2, 0) is 6.54 Å². The van der Waals surface area contributed by atoms with Crippen LogP contribution in [0.3, 0.4) is 0 Å². The Balaban J connectivity index is 3.05. The molecule has 0 unspecified atom stereocenters. The van der Waals surface area contributed by atoms with Crippen molar-refractivity contribution < 1.29 is 14.6 Å². The van der Waals surface area contributed by atoms with Gasteiger partial charge < -0.3 is 14.8 Å². The van der Waals surface area contributed by atoms with Crippen LogP contribution < -0.4 is 5.43 Å². The number of phenolic OH excluding ortho intramolecular Hbond substituents is 2. The SMILES string of the molecule is CCn1ccc(=O)c2c(F)c(O)c(O)cc21. The van der Waals surface area contributed by atoms with Crippen molar-refractivity contribution in [2.45, 2.75) is 13.5 Å². The molecule has 0 saturated heterocycles. The molecule has 84 valence electrons. The molecule has 0 amide bonds. The minimum absolute atomic E-state index is 0.209. The lowest BCUT2D eigenvalue weighted by Gasteiger charge is -2.09. The van der Waals surface area contributed by atoms with Gasteiger partial charge in [0, 0.05) is 24.9 Å². The summed E-state index contributed by atoms with van der Waals surface area (Å²) in [7, 11) is 0. The highest BCUT2D eigenvalue weighted by Gasteiger charge is 2.15. The lowest BCUT2D eigenvalue weighted by Crippen LogP contribution is -2.08. The zero-order chi connectivity index (χ0) is 11.9. The van der Waals surface area contributed by atoms with E-state index in [9.17, 15) is 19.4 Å². The van der Waals surface area contributed by atoms with Crippen molar-refractivity contribution in [1.82, 2.24) is 4.57 Å². The largest absolute Gasteiger partial charge is 0.504 e. The van der Waals surface area contributed by atoms with Crippen molar-refractivity contribution in [2.24, 2.45) is 0 Å². The molecule has 0 atom stereocenters. The Morgan fingerprint density at radius 3 is 2.75 bits per heavy atom. The number of hydrogen-bond donors (Lipinski definition) is 2. The molecule has 0 spiro atoms. The van der Waals surface area contributed by atoms with Gasteiger partial charge in [0.05, 0.1) is 10.9 Å². The van der Waals surface area contributed by atoms with Crippen LogP contribution in [0.4, 0.5) is 4.39 Å². The molecule has 0 fully saturated rings. The quantitative estimate of drug-likeness (QED) is 0.721. The Hall–Kier alpha value is -2.04.